The molecule has 0 aliphatic heterocycles. The minimum Gasteiger partial charge on any atom is -0.368 e. The zero-order chi connectivity index (χ0) is 19.1. The monoisotopic (exact) mass is 366 g/mol. The summed E-state index contributed by atoms with van der Waals surface area (Å²) >= 11 is 0. The van der Waals surface area contributed by atoms with Gasteiger partial charge in [-0.1, -0.05) is 12.1 Å². The summed E-state index contributed by atoms with van der Waals surface area (Å²) in [5.41, 5.74) is 2.51. The average molecular weight is 366 g/mol. The van der Waals surface area contributed by atoms with Crippen LogP contribution in [0.5, 0.6) is 0 Å². The molecule has 1 aromatic heterocycles. The highest BCUT2D eigenvalue weighted by molar-refractivity contribution is 5.88. The van der Waals surface area contributed by atoms with Gasteiger partial charge in [0.2, 0.25) is 11.9 Å². The van der Waals surface area contributed by atoms with Gasteiger partial charge in [-0.3, -0.25) is 4.79 Å². The van der Waals surface area contributed by atoms with E-state index in [0.29, 0.717) is 24.0 Å². The fourth-order valence-corrected chi connectivity index (χ4v) is 2.40. The van der Waals surface area contributed by atoms with E-state index in [0.717, 1.165) is 17.7 Å². The average Bonchev–Trinajstić information content (AvgIpc) is 2.65. The number of halogens is 1. The minimum absolute atomic E-state index is 0.123. The number of benzene rings is 2. The molecule has 2 aromatic carbocycles. The number of hydrogen-bond donors (Lipinski definition) is 3. The van der Waals surface area contributed by atoms with Gasteiger partial charge in [-0.2, -0.15) is 10.1 Å². The van der Waals surface area contributed by atoms with Crippen LogP contribution in [0, 0.1) is 5.82 Å². The highest BCUT2D eigenvalue weighted by Crippen LogP contribution is 2.17. The molecule has 27 heavy (non-hydrogen) atoms. The van der Waals surface area contributed by atoms with Crippen molar-refractivity contribution in [3.05, 3.63) is 66.1 Å². The Bertz CT molecular complexity index is 899. The van der Waals surface area contributed by atoms with Gasteiger partial charge in [0.1, 0.15) is 5.82 Å². The Morgan fingerprint density at radius 2 is 1.74 bits per heavy atom. The van der Waals surface area contributed by atoms with Crippen LogP contribution in [0.25, 0.3) is 0 Å². The molecule has 0 saturated carbocycles. The lowest BCUT2D eigenvalue weighted by atomic mass is 10.1. The second kappa shape index (κ2) is 8.70. The molecule has 0 saturated heterocycles. The van der Waals surface area contributed by atoms with E-state index in [4.69, 9.17) is 0 Å². The van der Waals surface area contributed by atoms with Gasteiger partial charge in [-0.15, -0.1) is 5.10 Å². The topological polar surface area (TPSA) is 91.8 Å². The van der Waals surface area contributed by atoms with E-state index in [-0.39, 0.29) is 11.7 Å². The van der Waals surface area contributed by atoms with E-state index in [1.165, 1.54) is 25.3 Å². The predicted molar refractivity (Wildman–Crippen MR) is 102 cm³/mol. The number of carbonyl (C=O) groups is 1. The van der Waals surface area contributed by atoms with Crippen molar-refractivity contribution in [3.63, 3.8) is 0 Å². The van der Waals surface area contributed by atoms with E-state index < -0.39 is 0 Å². The lowest BCUT2D eigenvalue weighted by Gasteiger charge is -2.08. The number of carbonyl (C=O) groups excluding carboxylic acids is 1. The van der Waals surface area contributed by atoms with Crippen molar-refractivity contribution in [1.82, 2.24) is 15.2 Å². The first-order valence-corrected chi connectivity index (χ1v) is 8.41. The van der Waals surface area contributed by atoms with Gasteiger partial charge in [0.05, 0.1) is 6.20 Å². The Morgan fingerprint density at radius 1 is 1.04 bits per heavy atom. The summed E-state index contributed by atoms with van der Waals surface area (Å²) in [4.78, 5) is 15.4. The zero-order valence-electron chi connectivity index (χ0n) is 14.7. The van der Waals surface area contributed by atoms with Gasteiger partial charge in [0.15, 0.2) is 5.82 Å². The maximum absolute atomic E-state index is 12.9. The van der Waals surface area contributed by atoms with E-state index in [1.807, 2.05) is 12.1 Å². The summed E-state index contributed by atoms with van der Waals surface area (Å²) < 4.78 is 12.9. The fraction of sp³-hybridized carbons (Fsp3) is 0.158. The molecule has 0 aliphatic rings. The van der Waals surface area contributed by atoms with E-state index in [1.54, 1.807) is 24.3 Å². The van der Waals surface area contributed by atoms with Crippen LogP contribution >= 0.6 is 0 Å². The zero-order valence-corrected chi connectivity index (χ0v) is 14.7. The maximum atomic E-state index is 12.9. The maximum Gasteiger partial charge on any atom is 0.249 e. The smallest absolute Gasteiger partial charge is 0.249 e. The van der Waals surface area contributed by atoms with Crippen molar-refractivity contribution in [1.29, 1.82) is 0 Å². The Hall–Kier alpha value is -3.55. The SMILES string of the molecule is CC(=O)Nc1ccc(Nc2nncc(NCCc3ccc(F)cc3)n2)cc1. The van der Waals surface area contributed by atoms with Crippen LogP contribution in [-0.2, 0) is 11.2 Å². The van der Waals surface area contributed by atoms with Crippen LogP contribution in [0.4, 0.5) is 27.5 Å². The number of rotatable bonds is 7. The molecule has 0 bridgehead atoms. The molecule has 1 amide bonds. The molecule has 3 rings (SSSR count). The molecule has 0 radical (unpaired) electrons. The molecule has 0 atom stereocenters. The Labute approximate surface area is 156 Å². The van der Waals surface area contributed by atoms with Crippen LogP contribution in [-0.4, -0.2) is 27.6 Å². The summed E-state index contributed by atoms with van der Waals surface area (Å²) in [6.07, 6.45) is 2.27. The van der Waals surface area contributed by atoms with Crippen LogP contribution < -0.4 is 16.0 Å². The van der Waals surface area contributed by atoms with E-state index >= 15 is 0 Å². The number of anilines is 4. The van der Waals surface area contributed by atoms with Gasteiger partial charge in [-0.05, 0) is 48.4 Å². The predicted octanol–water partition coefficient (Wildman–Crippen LogP) is 3.37. The van der Waals surface area contributed by atoms with E-state index in [2.05, 4.69) is 31.1 Å². The van der Waals surface area contributed by atoms with Crippen molar-refractivity contribution in [3.8, 4) is 0 Å². The van der Waals surface area contributed by atoms with Gasteiger partial charge in [0, 0.05) is 24.8 Å². The first kappa shape index (κ1) is 18.2. The lowest BCUT2D eigenvalue weighted by molar-refractivity contribution is -0.114. The van der Waals surface area contributed by atoms with Gasteiger partial charge < -0.3 is 16.0 Å². The van der Waals surface area contributed by atoms with Crippen LogP contribution in [0.1, 0.15) is 12.5 Å². The van der Waals surface area contributed by atoms with Crippen LogP contribution in [0.15, 0.2) is 54.7 Å². The van der Waals surface area contributed by atoms with Gasteiger partial charge >= 0.3 is 0 Å². The van der Waals surface area contributed by atoms with Crippen molar-refractivity contribution < 1.29 is 9.18 Å². The standard InChI is InChI=1S/C19H19FN6O/c1-13(27)23-16-6-8-17(9-7-16)24-19-25-18(12-22-26-19)21-11-10-14-2-4-15(20)5-3-14/h2-9,12H,10-11H2,1H3,(H,23,27)(H2,21,24,25,26). The molecular weight excluding hydrogens is 347 g/mol. The number of amides is 1. The van der Waals surface area contributed by atoms with Crippen molar-refractivity contribution in [2.75, 3.05) is 22.5 Å². The first-order chi connectivity index (χ1) is 13.1. The summed E-state index contributed by atoms with van der Waals surface area (Å²) in [5.74, 6) is 0.578. The molecule has 1 heterocycles. The number of hydrogen-bond acceptors (Lipinski definition) is 6. The van der Waals surface area contributed by atoms with E-state index in [9.17, 15) is 9.18 Å². The minimum atomic E-state index is -0.243. The summed E-state index contributed by atoms with van der Waals surface area (Å²) in [7, 11) is 0. The lowest BCUT2D eigenvalue weighted by Crippen LogP contribution is -2.09. The third-order valence-electron chi connectivity index (χ3n) is 3.65. The molecule has 138 valence electrons. The van der Waals surface area contributed by atoms with Crippen molar-refractivity contribution >= 4 is 29.0 Å². The van der Waals surface area contributed by atoms with Gasteiger partial charge in [0.25, 0.3) is 0 Å². The second-order valence-electron chi connectivity index (χ2n) is 5.85. The Kier molecular flexibility index (Phi) is 5.88. The number of aromatic nitrogens is 3. The molecule has 3 N–H and O–H groups in total. The molecule has 0 unspecified atom stereocenters. The van der Waals surface area contributed by atoms with Gasteiger partial charge in [-0.25, -0.2) is 4.39 Å². The molecule has 0 fully saturated rings. The van der Waals surface area contributed by atoms with Crippen LogP contribution in [0.3, 0.4) is 0 Å². The number of nitrogens with one attached hydrogen (secondary N) is 3. The third-order valence-corrected chi connectivity index (χ3v) is 3.65. The highest BCUT2D eigenvalue weighted by atomic mass is 19.1. The largest absolute Gasteiger partial charge is 0.368 e. The fourth-order valence-electron chi connectivity index (χ4n) is 2.40. The molecule has 0 aliphatic carbocycles. The summed E-state index contributed by atoms with van der Waals surface area (Å²) in [6, 6.07) is 13.6. The Morgan fingerprint density at radius 3 is 2.44 bits per heavy atom. The molecule has 8 heteroatoms. The molecular formula is C19H19FN6O. The second-order valence-corrected chi connectivity index (χ2v) is 5.85. The number of nitrogens with zero attached hydrogens (tertiary/aromatic N) is 3. The summed E-state index contributed by atoms with van der Waals surface area (Å²) in [6.45, 7) is 2.09. The quantitative estimate of drug-likeness (QED) is 0.594. The third kappa shape index (κ3) is 5.74. The Balaban J connectivity index is 1.55. The highest BCUT2D eigenvalue weighted by Gasteiger charge is 2.03. The summed E-state index contributed by atoms with van der Waals surface area (Å²) in [5, 5.41) is 16.8. The molecule has 3 aromatic rings. The van der Waals surface area contributed by atoms with Crippen molar-refractivity contribution in [2.24, 2.45) is 0 Å². The normalized spacial score (nSPS) is 10.3. The first-order valence-electron chi connectivity index (χ1n) is 8.41. The van der Waals surface area contributed by atoms with Crippen LogP contribution in [0.2, 0.25) is 0 Å². The molecule has 0 spiro atoms. The molecule has 7 nitrogen and oxygen atoms in total. The van der Waals surface area contributed by atoms with Crippen molar-refractivity contribution in [2.45, 2.75) is 13.3 Å².